The topological polar surface area (TPSA) is 56.0 Å². The van der Waals surface area contributed by atoms with Gasteiger partial charge in [-0.3, -0.25) is 4.79 Å². The van der Waals surface area contributed by atoms with Crippen molar-refractivity contribution in [1.29, 1.82) is 0 Å². The molecule has 0 radical (unpaired) electrons. The fourth-order valence-corrected chi connectivity index (χ4v) is 3.75. The van der Waals surface area contributed by atoms with Crippen LogP contribution in [0.3, 0.4) is 0 Å². The van der Waals surface area contributed by atoms with E-state index in [1.54, 1.807) is 0 Å². The highest BCUT2D eigenvalue weighted by atomic mass is 16.5. The molecule has 92 valence electrons. The van der Waals surface area contributed by atoms with Crippen LogP contribution < -0.4 is 0 Å². The van der Waals surface area contributed by atoms with Crippen LogP contribution in [0.4, 0.5) is 0 Å². The van der Waals surface area contributed by atoms with Crippen molar-refractivity contribution in [1.82, 2.24) is 10.1 Å². The Morgan fingerprint density at radius 1 is 1.47 bits per heavy atom. The lowest BCUT2D eigenvalue weighted by Crippen LogP contribution is -2.40. The Morgan fingerprint density at radius 2 is 2.24 bits per heavy atom. The third kappa shape index (κ3) is 1.11. The Hall–Kier alpha value is -1.19. The molecule has 2 aliphatic carbocycles. The van der Waals surface area contributed by atoms with Gasteiger partial charge < -0.3 is 4.52 Å². The second-order valence-corrected chi connectivity index (χ2v) is 5.86. The van der Waals surface area contributed by atoms with Gasteiger partial charge in [-0.25, -0.2) is 0 Å². The predicted octanol–water partition coefficient (Wildman–Crippen LogP) is 2.28. The van der Waals surface area contributed by atoms with E-state index in [4.69, 9.17) is 4.52 Å². The number of Topliss-reactive ketones (excluding diaryl/α,β-unsaturated/α-hetero) is 1. The summed E-state index contributed by atoms with van der Waals surface area (Å²) in [6.07, 6.45) is 3.39. The average molecular weight is 234 g/mol. The van der Waals surface area contributed by atoms with Gasteiger partial charge in [0, 0.05) is 12.8 Å². The predicted molar refractivity (Wildman–Crippen MR) is 61.5 cm³/mol. The summed E-state index contributed by atoms with van der Waals surface area (Å²) in [5, 5.41) is 3.95. The van der Waals surface area contributed by atoms with Crippen molar-refractivity contribution >= 4 is 5.78 Å². The van der Waals surface area contributed by atoms with Crippen molar-refractivity contribution in [2.24, 2.45) is 11.3 Å². The minimum Gasteiger partial charge on any atom is -0.338 e. The molecule has 2 atom stereocenters. The van der Waals surface area contributed by atoms with Gasteiger partial charge in [-0.05, 0) is 24.2 Å². The van der Waals surface area contributed by atoms with Gasteiger partial charge >= 0.3 is 0 Å². The van der Waals surface area contributed by atoms with E-state index in [2.05, 4.69) is 24.0 Å². The maximum Gasteiger partial charge on any atom is 0.240 e. The summed E-state index contributed by atoms with van der Waals surface area (Å²) in [7, 11) is 0. The number of hydrogen-bond donors (Lipinski definition) is 0. The van der Waals surface area contributed by atoms with Crippen molar-refractivity contribution in [3.8, 4) is 0 Å². The molecular formula is C13H18N2O2. The average Bonchev–Trinajstić information content (AvgIpc) is 2.90. The number of hydrogen-bond acceptors (Lipinski definition) is 4. The Labute approximate surface area is 101 Å². The van der Waals surface area contributed by atoms with E-state index >= 15 is 0 Å². The van der Waals surface area contributed by atoms with Crippen LogP contribution in [0.1, 0.15) is 51.7 Å². The lowest BCUT2D eigenvalue weighted by atomic mass is 9.69. The number of aromatic nitrogens is 2. The van der Waals surface area contributed by atoms with Crippen LogP contribution in [0, 0.1) is 11.3 Å². The molecule has 0 aliphatic heterocycles. The largest absolute Gasteiger partial charge is 0.338 e. The van der Waals surface area contributed by atoms with E-state index < -0.39 is 5.41 Å². The van der Waals surface area contributed by atoms with E-state index in [-0.39, 0.29) is 5.41 Å². The van der Waals surface area contributed by atoms with E-state index in [1.807, 2.05) is 6.92 Å². The van der Waals surface area contributed by atoms with Gasteiger partial charge in [-0.1, -0.05) is 25.9 Å². The zero-order chi connectivity index (χ0) is 12.3. The molecule has 0 amide bonds. The van der Waals surface area contributed by atoms with Crippen LogP contribution in [0.25, 0.3) is 0 Å². The molecule has 0 saturated heterocycles. The fourth-order valence-electron chi connectivity index (χ4n) is 3.75. The maximum atomic E-state index is 12.3. The van der Waals surface area contributed by atoms with Crippen LogP contribution in [-0.4, -0.2) is 15.9 Å². The van der Waals surface area contributed by atoms with Gasteiger partial charge in [-0.2, -0.15) is 4.98 Å². The van der Waals surface area contributed by atoms with Crippen molar-refractivity contribution in [2.75, 3.05) is 0 Å². The monoisotopic (exact) mass is 234 g/mol. The van der Waals surface area contributed by atoms with Gasteiger partial charge in [0.15, 0.2) is 5.82 Å². The van der Waals surface area contributed by atoms with Crippen LogP contribution in [0.5, 0.6) is 0 Å². The number of nitrogens with zero attached hydrogens (tertiary/aromatic N) is 2. The van der Waals surface area contributed by atoms with Gasteiger partial charge in [0.25, 0.3) is 0 Å². The summed E-state index contributed by atoms with van der Waals surface area (Å²) in [6.45, 7) is 6.34. The zero-order valence-electron chi connectivity index (χ0n) is 10.6. The van der Waals surface area contributed by atoms with Crippen molar-refractivity contribution in [3.05, 3.63) is 11.7 Å². The van der Waals surface area contributed by atoms with E-state index in [1.165, 1.54) is 0 Å². The third-order valence-electron chi connectivity index (χ3n) is 5.05. The Bertz CT molecular complexity index is 478. The summed E-state index contributed by atoms with van der Waals surface area (Å²) in [6, 6.07) is 0. The fraction of sp³-hybridized carbons (Fsp3) is 0.769. The Balaban J connectivity index is 2.13. The summed E-state index contributed by atoms with van der Waals surface area (Å²) < 4.78 is 5.38. The molecule has 0 unspecified atom stereocenters. The number of rotatable bonds is 2. The standard InChI is InChI=1S/C13H18N2O2/c1-4-10-14-11(17-15-10)13-6-5-8(7-9(13)16)12(13,2)3/h8H,4-7H2,1-3H3/t8-,13+/m1/s1. The maximum absolute atomic E-state index is 12.3. The first-order chi connectivity index (χ1) is 8.02. The molecule has 2 aliphatic rings. The second-order valence-electron chi connectivity index (χ2n) is 5.86. The molecular weight excluding hydrogens is 216 g/mol. The van der Waals surface area contributed by atoms with E-state index in [9.17, 15) is 4.79 Å². The Kier molecular flexibility index (Phi) is 2.04. The first-order valence-electron chi connectivity index (χ1n) is 6.38. The van der Waals surface area contributed by atoms with Crippen LogP contribution in [0.15, 0.2) is 4.52 Å². The molecule has 17 heavy (non-hydrogen) atoms. The summed E-state index contributed by atoms with van der Waals surface area (Å²) in [5.74, 6) is 2.04. The Morgan fingerprint density at radius 3 is 2.71 bits per heavy atom. The normalized spacial score (nSPS) is 34.5. The smallest absolute Gasteiger partial charge is 0.240 e. The van der Waals surface area contributed by atoms with Gasteiger partial charge in [0.05, 0.1) is 0 Å². The van der Waals surface area contributed by atoms with Crippen LogP contribution in [0.2, 0.25) is 0 Å². The molecule has 0 N–H and O–H groups in total. The molecule has 1 aromatic rings. The lowest BCUT2D eigenvalue weighted by Gasteiger charge is -2.32. The second kappa shape index (κ2) is 3.18. The first-order valence-corrected chi connectivity index (χ1v) is 6.38. The van der Waals surface area contributed by atoms with Gasteiger partial charge in [0.1, 0.15) is 11.2 Å². The van der Waals surface area contributed by atoms with Crippen LogP contribution in [-0.2, 0) is 16.6 Å². The number of ketones is 1. The summed E-state index contributed by atoms with van der Waals surface area (Å²) >= 11 is 0. The number of aryl methyl sites for hydroxylation is 1. The van der Waals surface area contributed by atoms with Gasteiger partial charge in [0.2, 0.25) is 5.89 Å². The molecule has 0 spiro atoms. The summed E-state index contributed by atoms with van der Waals surface area (Å²) in [5.41, 5.74) is -0.542. The van der Waals surface area contributed by atoms with E-state index in [0.717, 1.165) is 19.3 Å². The zero-order valence-corrected chi connectivity index (χ0v) is 10.6. The third-order valence-corrected chi connectivity index (χ3v) is 5.05. The molecule has 4 nitrogen and oxygen atoms in total. The highest BCUT2D eigenvalue weighted by Gasteiger charge is 2.67. The number of fused-ring (bicyclic) bond motifs is 2. The molecule has 0 aromatic carbocycles. The molecule has 2 fully saturated rings. The minimum absolute atomic E-state index is 0.0401. The molecule has 1 aromatic heterocycles. The SMILES string of the molecule is CCc1noc([C@]23CC[C@H](CC2=O)C3(C)C)n1. The van der Waals surface area contributed by atoms with Crippen molar-refractivity contribution in [3.63, 3.8) is 0 Å². The van der Waals surface area contributed by atoms with Crippen molar-refractivity contribution < 1.29 is 9.32 Å². The highest BCUT2D eigenvalue weighted by molar-refractivity contribution is 5.94. The lowest BCUT2D eigenvalue weighted by molar-refractivity contribution is -0.125. The molecule has 4 heteroatoms. The molecule has 3 rings (SSSR count). The van der Waals surface area contributed by atoms with E-state index in [0.29, 0.717) is 29.8 Å². The molecule has 1 heterocycles. The van der Waals surface area contributed by atoms with Crippen LogP contribution >= 0.6 is 0 Å². The number of carbonyl (C=O) groups is 1. The highest BCUT2D eigenvalue weighted by Crippen LogP contribution is 2.64. The van der Waals surface area contributed by atoms with Crippen molar-refractivity contribution in [2.45, 2.75) is 51.9 Å². The number of carbonyl (C=O) groups excluding carboxylic acids is 1. The summed E-state index contributed by atoms with van der Waals surface area (Å²) in [4.78, 5) is 16.8. The molecule has 2 saturated carbocycles. The van der Waals surface area contributed by atoms with Gasteiger partial charge in [-0.15, -0.1) is 0 Å². The quantitative estimate of drug-likeness (QED) is 0.787. The molecule has 2 bridgehead atoms. The first kappa shape index (κ1) is 10.9. The minimum atomic E-state index is -0.502.